The van der Waals surface area contributed by atoms with Crippen LogP contribution < -0.4 is 16.0 Å². The van der Waals surface area contributed by atoms with Gasteiger partial charge in [0, 0.05) is 30.7 Å². The number of aromatic nitrogens is 3. The van der Waals surface area contributed by atoms with E-state index in [1.54, 1.807) is 49.6 Å². The molecule has 0 aliphatic carbocycles. The average Bonchev–Trinajstić information content (AvgIpc) is 2.63. The first kappa shape index (κ1) is 17.6. The third kappa shape index (κ3) is 4.25. The molecule has 0 aliphatic heterocycles. The van der Waals surface area contributed by atoms with Crippen molar-refractivity contribution >= 4 is 40.8 Å². The summed E-state index contributed by atoms with van der Waals surface area (Å²) in [6, 6.07) is 12.1. The van der Waals surface area contributed by atoms with Gasteiger partial charge in [-0.05, 0) is 37.3 Å². The number of rotatable bonds is 5. The van der Waals surface area contributed by atoms with Crippen LogP contribution in [0.15, 0.2) is 48.7 Å². The molecule has 2 aromatic heterocycles. The molecular formula is C18H17ClN6O. The molecule has 3 rings (SSSR count). The molecule has 1 amide bonds. The number of halogens is 1. The van der Waals surface area contributed by atoms with E-state index in [1.165, 1.54) is 0 Å². The first-order chi connectivity index (χ1) is 12.5. The van der Waals surface area contributed by atoms with E-state index in [2.05, 4.69) is 30.9 Å². The zero-order chi connectivity index (χ0) is 18.5. The van der Waals surface area contributed by atoms with E-state index in [1.807, 2.05) is 13.0 Å². The van der Waals surface area contributed by atoms with Gasteiger partial charge in [0.2, 0.25) is 5.95 Å². The third-order valence-electron chi connectivity index (χ3n) is 3.48. The second-order valence-electron chi connectivity index (χ2n) is 5.46. The SMILES string of the molecule is CNc1cc(C)nc(Nc2ccc(Cl)c(C(=O)Nc3ccccn3)c2)n1. The van der Waals surface area contributed by atoms with Gasteiger partial charge in [0.05, 0.1) is 10.6 Å². The van der Waals surface area contributed by atoms with Crippen LogP contribution in [0.3, 0.4) is 0 Å². The Kier molecular flexibility index (Phi) is 5.28. The molecule has 0 atom stereocenters. The molecule has 0 spiro atoms. The zero-order valence-corrected chi connectivity index (χ0v) is 15.0. The van der Waals surface area contributed by atoms with Crippen molar-refractivity contribution in [2.45, 2.75) is 6.92 Å². The Hall–Kier alpha value is -3.19. The van der Waals surface area contributed by atoms with Crippen LogP contribution in [0.1, 0.15) is 16.1 Å². The Morgan fingerprint density at radius 2 is 1.92 bits per heavy atom. The molecule has 0 bridgehead atoms. The summed E-state index contributed by atoms with van der Waals surface area (Å²) in [6.45, 7) is 1.88. The Morgan fingerprint density at radius 3 is 2.65 bits per heavy atom. The highest BCUT2D eigenvalue weighted by Gasteiger charge is 2.13. The first-order valence-corrected chi connectivity index (χ1v) is 8.25. The molecule has 0 fully saturated rings. The van der Waals surface area contributed by atoms with Crippen molar-refractivity contribution < 1.29 is 4.79 Å². The van der Waals surface area contributed by atoms with Gasteiger partial charge >= 0.3 is 0 Å². The van der Waals surface area contributed by atoms with Crippen LogP contribution in [-0.2, 0) is 0 Å². The molecule has 132 valence electrons. The Morgan fingerprint density at radius 1 is 1.08 bits per heavy atom. The smallest absolute Gasteiger partial charge is 0.258 e. The van der Waals surface area contributed by atoms with Gasteiger partial charge in [0.15, 0.2) is 0 Å². The number of hydrogen-bond donors (Lipinski definition) is 3. The Bertz CT molecular complexity index is 932. The molecule has 1 aromatic carbocycles. The molecule has 0 saturated heterocycles. The lowest BCUT2D eigenvalue weighted by molar-refractivity contribution is 0.102. The van der Waals surface area contributed by atoms with Crippen molar-refractivity contribution in [1.29, 1.82) is 0 Å². The van der Waals surface area contributed by atoms with Crippen LogP contribution in [0.2, 0.25) is 5.02 Å². The van der Waals surface area contributed by atoms with E-state index >= 15 is 0 Å². The maximum atomic E-state index is 12.5. The number of benzene rings is 1. The molecule has 7 nitrogen and oxygen atoms in total. The third-order valence-corrected chi connectivity index (χ3v) is 3.81. The fraction of sp³-hybridized carbons (Fsp3) is 0.111. The zero-order valence-electron chi connectivity index (χ0n) is 14.2. The average molecular weight is 369 g/mol. The van der Waals surface area contributed by atoms with Crippen LogP contribution in [-0.4, -0.2) is 27.9 Å². The molecule has 0 aliphatic rings. The largest absolute Gasteiger partial charge is 0.373 e. The van der Waals surface area contributed by atoms with E-state index in [0.29, 0.717) is 33.9 Å². The van der Waals surface area contributed by atoms with E-state index in [4.69, 9.17) is 11.6 Å². The number of nitrogens with zero attached hydrogens (tertiary/aromatic N) is 3. The number of carbonyl (C=O) groups excluding carboxylic acids is 1. The van der Waals surface area contributed by atoms with Crippen molar-refractivity contribution in [3.8, 4) is 0 Å². The summed E-state index contributed by atoms with van der Waals surface area (Å²) in [5, 5.41) is 9.12. The van der Waals surface area contributed by atoms with Crippen LogP contribution in [0.4, 0.5) is 23.3 Å². The molecule has 3 N–H and O–H groups in total. The summed E-state index contributed by atoms with van der Waals surface area (Å²) in [7, 11) is 1.79. The van der Waals surface area contributed by atoms with Crippen molar-refractivity contribution in [1.82, 2.24) is 15.0 Å². The highest BCUT2D eigenvalue weighted by molar-refractivity contribution is 6.34. The monoisotopic (exact) mass is 368 g/mol. The Labute approximate surface area is 155 Å². The van der Waals surface area contributed by atoms with Gasteiger partial charge < -0.3 is 16.0 Å². The first-order valence-electron chi connectivity index (χ1n) is 7.87. The second-order valence-corrected chi connectivity index (χ2v) is 5.86. The fourth-order valence-electron chi connectivity index (χ4n) is 2.28. The van der Waals surface area contributed by atoms with E-state index in [9.17, 15) is 4.79 Å². The lowest BCUT2D eigenvalue weighted by Crippen LogP contribution is -2.13. The normalized spacial score (nSPS) is 10.3. The second kappa shape index (κ2) is 7.79. The van der Waals surface area contributed by atoms with Gasteiger partial charge in [0.1, 0.15) is 11.6 Å². The van der Waals surface area contributed by atoms with Gasteiger partial charge in [-0.15, -0.1) is 0 Å². The van der Waals surface area contributed by atoms with E-state index < -0.39 is 0 Å². The topological polar surface area (TPSA) is 91.8 Å². The maximum absolute atomic E-state index is 12.5. The van der Waals surface area contributed by atoms with Gasteiger partial charge in [-0.3, -0.25) is 4.79 Å². The molecule has 3 aromatic rings. The van der Waals surface area contributed by atoms with Crippen LogP contribution >= 0.6 is 11.6 Å². The predicted octanol–water partition coefficient (Wildman–Crippen LogP) is 3.87. The molecule has 2 heterocycles. The number of nitrogens with one attached hydrogen (secondary N) is 3. The number of pyridine rings is 1. The predicted molar refractivity (Wildman–Crippen MR) is 103 cm³/mol. The van der Waals surface area contributed by atoms with Crippen LogP contribution in [0.5, 0.6) is 0 Å². The van der Waals surface area contributed by atoms with E-state index in [0.717, 1.165) is 5.69 Å². The minimum atomic E-state index is -0.349. The molecule has 8 heteroatoms. The van der Waals surface area contributed by atoms with Crippen molar-refractivity contribution in [2.75, 3.05) is 23.0 Å². The Balaban J connectivity index is 1.83. The maximum Gasteiger partial charge on any atom is 0.258 e. The highest BCUT2D eigenvalue weighted by atomic mass is 35.5. The van der Waals surface area contributed by atoms with Gasteiger partial charge in [-0.2, -0.15) is 4.98 Å². The summed E-state index contributed by atoms with van der Waals surface area (Å²) in [4.78, 5) is 25.2. The quantitative estimate of drug-likeness (QED) is 0.633. The molecule has 26 heavy (non-hydrogen) atoms. The summed E-state index contributed by atoms with van der Waals surface area (Å²) < 4.78 is 0. The minimum absolute atomic E-state index is 0.323. The number of anilines is 4. The summed E-state index contributed by atoms with van der Waals surface area (Å²) >= 11 is 6.18. The summed E-state index contributed by atoms with van der Waals surface area (Å²) in [6.07, 6.45) is 1.60. The van der Waals surface area contributed by atoms with Gasteiger partial charge in [0.25, 0.3) is 5.91 Å². The minimum Gasteiger partial charge on any atom is -0.373 e. The highest BCUT2D eigenvalue weighted by Crippen LogP contribution is 2.23. The standard InChI is InChI=1S/C18H17ClN6O/c1-11-9-16(20-2)25-18(22-11)23-12-6-7-14(19)13(10-12)17(26)24-15-5-3-4-8-21-15/h3-10H,1-2H3,(H,21,24,26)(H2,20,22,23,25). The summed E-state index contributed by atoms with van der Waals surface area (Å²) in [5.74, 6) is 1.22. The van der Waals surface area contributed by atoms with Crippen molar-refractivity contribution in [3.05, 3.63) is 64.9 Å². The summed E-state index contributed by atoms with van der Waals surface area (Å²) in [5.41, 5.74) is 1.78. The number of hydrogen-bond acceptors (Lipinski definition) is 6. The lowest BCUT2D eigenvalue weighted by Gasteiger charge is -2.11. The molecule has 0 saturated carbocycles. The molecule has 0 unspecified atom stereocenters. The number of amides is 1. The van der Waals surface area contributed by atoms with E-state index in [-0.39, 0.29) is 5.91 Å². The lowest BCUT2D eigenvalue weighted by atomic mass is 10.2. The van der Waals surface area contributed by atoms with Crippen LogP contribution in [0.25, 0.3) is 0 Å². The van der Waals surface area contributed by atoms with Crippen molar-refractivity contribution in [2.24, 2.45) is 0 Å². The fourth-order valence-corrected chi connectivity index (χ4v) is 2.48. The number of aryl methyl sites for hydroxylation is 1. The van der Waals surface area contributed by atoms with Gasteiger partial charge in [-0.25, -0.2) is 9.97 Å². The van der Waals surface area contributed by atoms with Crippen LogP contribution in [0, 0.1) is 6.92 Å². The number of carbonyl (C=O) groups is 1. The van der Waals surface area contributed by atoms with Crippen molar-refractivity contribution in [3.63, 3.8) is 0 Å². The molecular weight excluding hydrogens is 352 g/mol. The molecule has 0 radical (unpaired) electrons. The van der Waals surface area contributed by atoms with Gasteiger partial charge in [-0.1, -0.05) is 17.7 Å².